The van der Waals surface area contributed by atoms with Gasteiger partial charge in [0.25, 0.3) is 0 Å². The molecular formula is C15H23NO2. The molecule has 18 heavy (non-hydrogen) atoms. The third kappa shape index (κ3) is 3.80. The molecule has 0 saturated carbocycles. The summed E-state index contributed by atoms with van der Waals surface area (Å²) in [7, 11) is 0. The summed E-state index contributed by atoms with van der Waals surface area (Å²) in [4.78, 5) is 2.27. The molecule has 1 N–H and O–H groups in total. The molecule has 0 bridgehead atoms. The molecule has 1 aliphatic rings. The molecule has 1 aliphatic heterocycles. The van der Waals surface area contributed by atoms with E-state index in [1.165, 1.54) is 6.42 Å². The van der Waals surface area contributed by atoms with Gasteiger partial charge in [-0.2, -0.15) is 0 Å². The van der Waals surface area contributed by atoms with Gasteiger partial charge in [-0.3, -0.25) is 4.90 Å². The van der Waals surface area contributed by atoms with Crippen molar-refractivity contribution in [1.82, 2.24) is 4.90 Å². The zero-order chi connectivity index (χ0) is 12.8. The molecule has 1 fully saturated rings. The van der Waals surface area contributed by atoms with E-state index >= 15 is 0 Å². The van der Waals surface area contributed by atoms with Crippen LogP contribution in [0.2, 0.25) is 0 Å². The second-order valence-corrected chi connectivity index (χ2v) is 4.91. The number of hydrogen-bond acceptors (Lipinski definition) is 3. The highest BCUT2D eigenvalue weighted by Crippen LogP contribution is 2.17. The molecule has 0 radical (unpaired) electrons. The molecule has 0 spiro atoms. The Bertz CT molecular complexity index is 336. The topological polar surface area (TPSA) is 32.7 Å². The average molecular weight is 249 g/mol. The van der Waals surface area contributed by atoms with Crippen molar-refractivity contribution in [3.63, 3.8) is 0 Å². The highest BCUT2D eigenvalue weighted by molar-refractivity contribution is 5.17. The van der Waals surface area contributed by atoms with Gasteiger partial charge in [0.05, 0.1) is 12.2 Å². The molecule has 1 aromatic rings. The SMILES string of the molecule is CCN(CC1CCCO1)CC(O)c1ccccc1. The first-order valence-electron chi connectivity index (χ1n) is 6.86. The van der Waals surface area contributed by atoms with Gasteiger partial charge in [0.15, 0.2) is 0 Å². The fraction of sp³-hybridized carbons (Fsp3) is 0.600. The highest BCUT2D eigenvalue weighted by Gasteiger charge is 2.20. The van der Waals surface area contributed by atoms with E-state index in [1.807, 2.05) is 30.3 Å². The van der Waals surface area contributed by atoms with Crippen LogP contribution in [0.1, 0.15) is 31.4 Å². The summed E-state index contributed by atoms with van der Waals surface area (Å²) in [6, 6.07) is 9.86. The molecule has 0 aliphatic carbocycles. The summed E-state index contributed by atoms with van der Waals surface area (Å²) in [6.07, 6.45) is 2.27. The lowest BCUT2D eigenvalue weighted by molar-refractivity contribution is 0.0516. The van der Waals surface area contributed by atoms with Gasteiger partial charge in [0.2, 0.25) is 0 Å². The van der Waals surface area contributed by atoms with E-state index in [9.17, 15) is 5.11 Å². The second kappa shape index (κ2) is 6.88. The first kappa shape index (κ1) is 13.5. The Morgan fingerprint density at radius 1 is 1.39 bits per heavy atom. The van der Waals surface area contributed by atoms with Crippen LogP contribution in [0.3, 0.4) is 0 Å². The zero-order valence-electron chi connectivity index (χ0n) is 11.1. The Hall–Kier alpha value is -0.900. The van der Waals surface area contributed by atoms with Crippen molar-refractivity contribution in [3.05, 3.63) is 35.9 Å². The van der Waals surface area contributed by atoms with Crippen LogP contribution in [-0.2, 0) is 4.74 Å². The molecule has 2 unspecified atom stereocenters. The zero-order valence-corrected chi connectivity index (χ0v) is 11.1. The van der Waals surface area contributed by atoms with Crippen molar-refractivity contribution in [3.8, 4) is 0 Å². The molecule has 1 saturated heterocycles. The van der Waals surface area contributed by atoms with Gasteiger partial charge in [-0.25, -0.2) is 0 Å². The van der Waals surface area contributed by atoms with E-state index in [0.29, 0.717) is 12.6 Å². The van der Waals surface area contributed by atoms with Crippen LogP contribution in [0.5, 0.6) is 0 Å². The molecule has 3 heteroatoms. The van der Waals surface area contributed by atoms with Gasteiger partial charge in [0, 0.05) is 19.7 Å². The summed E-state index contributed by atoms with van der Waals surface area (Å²) in [6.45, 7) is 5.58. The van der Waals surface area contributed by atoms with Gasteiger partial charge < -0.3 is 9.84 Å². The molecule has 0 amide bonds. The third-order valence-corrected chi connectivity index (χ3v) is 3.55. The van der Waals surface area contributed by atoms with Crippen LogP contribution < -0.4 is 0 Å². The summed E-state index contributed by atoms with van der Waals surface area (Å²) in [5, 5.41) is 10.2. The van der Waals surface area contributed by atoms with Gasteiger partial charge in [-0.15, -0.1) is 0 Å². The molecule has 100 valence electrons. The third-order valence-electron chi connectivity index (χ3n) is 3.55. The molecule has 1 heterocycles. The van der Waals surface area contributed by atoms with Crippen molar-refractivity contribution in [2.75, 3.05) is 26.2 Å². The average Bonchev–Trinajstić information content (AvgIpc) is 2.91. The number of aliphatic hydroxyl groups is 1. The summed E-state index contributed by atoms with van der Waals surface area (Å²) < 4.78 is 5.65. The minimum Gasteiger partial charge on any atom is -0.387 e. The van der Waals surface area contributed by atoms with E-state index in [1.54, 1.807) is 0 Å². The predicted molar refractivity (Wildman–Crippen MR) is 72.5 cm³/mol. The predicted octanol–water partition coefficient (Wildman–Crippen LogP) is 2.22. The van der Waals surface area contributed by atoms with E-state index in [2.05, 4.69) is 11.8 Å². The van der Waals surface area contributed by atoms with Crippen LogP contribution in [0.25, 0.3) is 0 Å². The number of hydrogen-bond donors (Lipinski definition) is 1. The van der Waals surface area contributed by atoms with Gasteiger partial charge >= 0.3 is 0 Å². The number of ether oxygens (including phenoxy) is 1. The van der Waals surface area contributed by atoms with E-state index < -0.39 is 6.10 Å². The smallest absolute Gasteiger partial charge is 0.0916 e. The monoisotopic (exact) mass is 249 g/mol. The minimum absolute atomic E-state index is 0.355. The Morgan fingerprint density at radius 2 is 2.17 bits per heavy atom. The maximum absolute atomic E-state index is 10.2. The van der Waals surface area contributed by atoms with Crippen LogP contribution in [-0.4, -0.2) is 42.4 Å². The Kier molecular flexibility index (Phi) is 5.17. The first-order chi connectivity index (χ1) is 8.79. The quantitative estimate of drug-likeness (QED) is 0.839. The van der Waals surface area contributed by atoms with Crippen LogP contribution in [0, 0.1) is 0 Å². The van der Waals surface area contributed by atoms with Gasteiger partial charge in [-0.05, 0) is 24.9 Å². The number of likely N-dealkylation sites (N-methyl/N-ethyl adjacent to an activating group) is 1. The normalized spacial score (nSPS) is 21.4. The Morgan fingerprint density at radius 3 is 2.78 bits per heavy atom. The maximum Gasteiger partial charge on any atom is 0.0916 e. The van der Waals surface area contributed by atoms with Crippen molar-refractivity contribution in [2.45, 2.75) is 32.0 Å². The molecule has 0 aromatic heterocycles. The first-order valence-corrected chi connectivity index (χ1v) is 6.86. The molecule has 2 rings (SSSR count). The van der Waals surface area contributed by atoms with Crippen LogP contribution in [0.15, 0.2) is 30.3 Å². The van der Waals surface area contributed by atoms with E-state index in [-0.39, 0.29) is 0 Å². The molecule has 3 nitrogen and oxygen atoms in total. The Balaban J connectivity index is 1.85. The van der Waals surface area contributed by atoms with Crippen molar-refractivity contribution in [2.24, 2.45) is 0 Å². The number of nitrogens with zero attached hydrogens (tertiary/aromatic N) is 1. The summed E-state index contributed by atoms with van der Waals surface area (Å²) in [5.74, 6) is 0. The summed E-state index contributed by atoms with van der Waals surface area (Å²) in [5.41, 5.74) is 0.989. The standard InChI is InChI=1S/C15H23NO2/c1-2-16(11-14-9-6-10-18-14)12-15(17)13-7-4-3-5-8-13/h3-5,7-8,14-15,17H,2,6,9-12H2,1H3. The van der Waals surface area contributed by atoms with Crippen molar-refractivity contribution in [1.29, 1.82) is 0 Å². The molecular weight excluding hydrogens is 226 g/mol. The van der Waals surface area contributed by atoms with Crippen LogP contribution >= 0.6 is 0 Å². The fourth-order valence-corrected chi connectivity index (χ4v) is 2.43. The van der Waals surface area contributed by atoms with Crippen molar-refractivity contribution < 1.29 is 9.84 Å². The molecule has 2 atom stereocenters. The van der Waals surface area contributed by atoms with Crippen molar-refractivity contribution >= 4 is 0 Å². The van der Waals surface area contributed by atoms with E-state index in [0.717, 1.165) is 31.7 Å². The maximum atomic E-state index is 10.2. The molecule has 1 aromatic carbocycles. The van der Waals surface area contributed by atoms with Gasteiger partial charge in [-0.1, -0.05) is 37.3 Å². The fourth-order valence-electron chi connectivity index (χ4n) is 2.43. The van der Waals surface area contributed by atoms with Crippen LogP contribution in [0.4, 0.5) is 0 Å². The number of aliphatic hydroxyl groups excluding tert-OH is 1. The highest BCUT2D eigenvalue weighted by atomic mass is 16.5. The van der Waals surface area contributed by atoms with E-state index in [4.69, 9.17) is 4.74 Å². The largest absolute Gasteiger partial charge is 0.387 e. The number of benzene rings is 1. The lowest BCUT2D eigenvalue weighted by Crippen LogP contribution is -2.35. The van der Waals surface area contributed by atoms with Gasteiger partial charge in [0.1, 0.15) is 0 Å². The number of rotatable bonds is 6. The Labute approximate surface area is 109 Å². The summed E-state index contributed by atoms with van der Waals surface area (Å²) >= 11 is 0. The minimum atomic E-state index is -0.410. The second-order valence-electron chi connectivity index (χ2n) is 4.91. The lowest BCUT2D eigenvalue weighted by atomic mass is 10.1. The lowest BCUT2D eigenvalue weighted by Gasteiger charge is -2.26.